The molecule has 0 unspecified atom stereocenters. The number of anilines is 1. The molecular weight excluding hydrogens is 176 g/mol. The van der Waals surface area contributed by atoms with E-state index in [2.05, 4.69) is 10.1 Å². The molecule has 1 aromatic carbocycles. The molecule has 0 aliphatic heterocycles. The minimum absolute atomic E-state index is 0.800. The first-order valence-corrected chi connectivity index (χ1v) is 4.47. The largest absolute Gasteiger partial charge is 0.398 e. The fraction of sp³-hybridized carbons (Fsp3) is 0.100. The monoisotopic (exact) mass is 186 g/mol. The lowest BCUT2D eigenvalue weighted by molar-refractivity contribution is 1.01. The third kappa shape index (κ3) is 0.797. The van der Waals surface area contributed by atoms with Crippen molar-refractivity contribution in [1.82, 2.24) is 14.6 Å². The molecule has 4 nitrogen and oxygen atoms in total. The van der Waals surface area contributed by atoms with Gasteiger partial charge in [0.25, 0.3) is 0 Å². The highest BCUT2D eigenvalue weighted by atomic mass is 15.3. The Morgan fingerprint density at radius 1 is 1.43 bits per heavy atom. The number of nitrogens with one attached hydrogen (secondary N) is 1. The number of aromatic amines is 1. The van der Waals surface area contributed by atoms with Crippen molar-refractivity contribution in [1.29, 1.82) is 0 Å². The van der Waals surface area contributed by atoms with Crippen molar-refractivity contribution < 1.29 is 0 Å². The number of imidazole rings is 1. The van der Waals surface area contributed by atoms with Crippen LogP contribution in [0.4, 0.5) is 5.69 Å². The summed E-state index contributed by atoms with van der Waals surface area (Å²) < 4.78 is 1.92. The van der Waals surface area contributed by atoms with E-state index in [1.807, 2.05) is 35.8 Å². The van der Waals surface area contributed by atoms with E-state index < -0.39 is 0 Å². The Morgan fingerprint density at radius 2 is 2.29 bits per heavy atom. The first-order valence-electron chi connectivity index (χ1n) is 4.47. The van der Waals surface area contributed by atoms with Crippen molar-refractivity contribution in [2.45, 2.75) is 6.92 Å². The topological polar surface area (TPSA) is 59.1 Å². The lowest BCUT2D eigenvalue weighted by atomic mass is 10.2. The van der Waals surface area contributed by atoms with E-state index in [4.69, 9.17) is 5.73 Å². The fourth-order valence-corrected chi connectivity index (χ4v) is 1.70. The van der Waals surface area contributed by atoms with Gasteiger partial charge in [-0.15, -0.1) is 0 Å². The predicted octanol–water partition coefficient (Wildman–Crippen LogP) is 1.71. The fourth-order valence-electron chi connectivity index (χ4n) is 1.70. The second kappa shape index (κ2) is 2.29. The van der Waals surface area contributed by atoms with Crippen molar-refractivity contribution in [3.05, 3.63) is 30.0 Å². The standard InChI is InChI=1S/C10H10N4/c1-6-4-8-9(5-7(6)11)14-10(13-8)2-3-12-14/h2-5,12H,11H2,1H3. The van der Waals surface area contributed by atoms with Crippen LogP contribution in [-0.4, -0.2) is 14.6 Å². The van der Waals surface area contributed by atoms with Crippen LogP contribution in [0.3, 0.4) is 0 Å². The molecule has 0 radical (unpaired) electrons. The molecular formula is C10H10N4. The summed E-state index contributed by atoms with van der Waals surface area (Å²) in [4.78, 5) is 4.45. The van der Waals surface area contributed by atoms with Crippen molar-refractivity contribution in [3.63, 3.8) is 0 Å². The van der Waals surface area contributed by atoms with Gasteiger partial charge in [-0.05, 0) is 24.6 Å². The minimum Gasteiger partial charge on any atom is -0.398 e. The van der Waals surface area contributed by atoms with Gasteiger partial charge in [-0.1, -0.05) is 0 Å². The number of fused-ring (bicyclic) bond motifs is 3. The van der Waals surface area contributed by atoms with Crippen molar-refractivity contribution in [3.8, 4) is 0 Å². The van der Waals surface area contributed by atoms with Crippen LogP contribution in [0, 0.1) is 6.92 Å². The van der Waals surface area contributed by atoms with E-state index >= 15 is 0 Å². The van der Waals surface area contributed by atoms with Gasteiger partial charge in [0.1, 0.15) is 0 Å². The van der Waals surface area contributed by atoms with E-state index in [0.29, 0.717) is 0 Å². The van der Waals surface area contributed by atoms with Gasteiger partial charge in [-0.2, -0.15) is 0 Å². The Morgan fingerprint density at radius 3 is 3.14 bits per heavy atom. The third-order valence-corrected chi connectivity index (χ3v) is 2.50. The summed E-state index contributed by atoms with van der Waals surface area (Å²) in [6, 6.07) is 5.89. The first-order chi connectivity index (χ1) is 6.75. The molecule has 70 valence electrons. The van der Waals surface area contributed by atoms with Crippen LogP contribution < -0.4 is 5.73 Å². The molecule has 0 saturated carbocycles. The number of aryl methyl sites for hydroxylation is 1. The number of nitrogens with two attached hydrogens (primary N) is 1. The number of aromatic nitrogens is 3. The predicted molar refractivity (Wildman–Crippen MR) is 56.2 cm³/mol. The summed E-state index contributed by atoms with van der Waals surface area (Å²) in [5.41, 5.74) is 10.6. The van der Waals surface area contributed by atoms with Crippen LogP contribution in [-0.2, 0) is 0 Å². The molecule has 0 spiro atoms. The average Bonchev–Trinajstić information content (AvgIpc) is 2.68. The quantitative estimate of drug-likeness (QED) is 0.525. The molecule has 2 heterocycles. The number of rotatable bonds is 0. The van der Waals surface area contributed by atoms with E-state index in [-0.39, 0.29) is 0 Å². The molecule has 0 amide bonds. The molecule has 0 aliphatic rings. The number of hydrogen-bond donors (Lipinski definition) is 2. The maximum atomic E-state index is 5.85. The Balaban J connectivity index is 2.57. The summed E-state index contributed by atoms with van der Waals surface area (Å²) >= 11 is 0. The van der Waals surface area contributed by atoms with Gasteiger partial charge >= 0.3 is 0 Å². The van der Waals surface area contributed by atoms with Crippen LogP contribution in [0.15, 0.2) is 24.4 Å². The Kier molecular flexibility index (Phi) is 1.21. The molecule has 0 fully saturated rings. The number of H-pyrrole nitrogens is 1. The van der Waals surface area contributed by atoms with Gasteiger partial charge in [0.05, 0.1) is 11.0 Å². The van der Waals surface area contributed by atoms with Crippen molar-refractivity contribution in [2.75, 3.05) is 5.73 Å². The van der Waals surface area contributed by atoms with Gasteiger partial charge < -0.3 is 5.73 Å². The van der Waals surface area contributed by atoms with Gasteiger partial charge in [0.15, 0.2) is 5.65 Å². The second-order valence-corrected chi connectivity index (χ2v) is 3.47. The smallest absolute Gasteiger partial charge is 0.154 e. The Bertz CT molecular complexity index is 617. The van der Waals surface area contributed by atoms with E-state index in [1.54, 1.807) is 0 Å². The molecule has 14 heavy (non-hydrogen) atoms. The molecule has 0 atom stereocenters. The molecule has 0 bridgehead atoms. The maximum absolute atomic E-state index is 5.85. The summed E-state index contributed by atoms with van der Waals surface area (Å²) in [6.45, 7) is 1.99. The van der Waals surface area contributed by atoms with Crippen LogP contribution in [0.25, 0.3) is 16.7 Å². The zero-order chi connectivity index (χ0) is 9.71. The summed E-state index contributed by atoms with van der Waals surface area (Å²) in [5.74, 6) is 0. The average molecular weight is 186 g/mol. The molecule has 0 saturated heterocycles. The third-order valence-electron chi connectivity index (χ3n) is 2.50. The van der Waals surface area contributed by atoms with Gasteiger partial charge in [0.2, 0.25) is 0 Å². The molecule has 3 N–H and O–H groups in total. The van der Waals surface area contributed by atoms with Crippen molar-refractivity contribution >= 4 is 22.4 Å². The zero-order valence-electron chi connectivity index (χ0n) is 7.78. The molecule has 4 heteroatoms. The maximum Gasteiger partial charge on any atom is 0.154 e. The molecule has 0 aliphatic carbocycles. The normalized spacial score (nSPS) is 11.5. The van der Waals surface area contributed by atoms with E-state index in [0.717, 1.165) is 27.9 Å². The highest BCUT2D eigenvalue weighted by molar-refractivity contribution is 5.84. The Labute approximate surface area is 80.3 Å². The number of hydrogen-bond acceptors (Lipinski definition) is 2. The second-order valence-electron chi connectivity index (χ2n) is 3.47. The molecule has 3 aromatic rings. The van der Waals surface area contributed by atoms with Crippen LogP contribution in [0.1, 0.15) is 5.56 Å². The highest BCUT2D eigenvalue weighted by Gasteiger charge is 2.06. The summed E-state index contributed by atoms with van der Waals surface area (Å²) in [6.07, 6.45) is 1.86. The summed E-state index contributed by atoms with van der Waals surface area (Å²) in [7, 11) is 0. The van der Waals surface area contributed by atoms with Crippen LogP contribution in [0.5, 0.6) is 0 Å². The first kappa shape index (κ1) is 7.44. The van der Waals surface area contributed by atoms with Gasteiger partial charge in [-0.25, -0.2) is 9.50 Å². The van der Waals surface area contributed by atoms with Crippen LogP contribution in [0.2, 0.25) is 0 Å². The van der Waals surface area contributed by atoms with Crippen LogP contribution >= 0.6 is 0 Å². The van der Waals surface area contributed by atoms with Gasteiger partial charge in [0, 0.05) is 18.0 Å². The molecule has 3 rings (SSSR count). The zero-order valence-corrected chi connectivity index (χ0v) is 7.78. The SMILES string of the molecule is Cc1cc2nc3cc[nH]n3c2cc1N. The minimum atomic E-state index is 0.800. The van der Waals surface area contributed by atoms with Gasteiger partial charge in [-0.3, -0.25) is 5.10 Å². The summed E-state index contributed by atoms with van der Waals surface area (Å²) in [5, 5.41) is 3.09. The van der Waals surface area contributed by atoms with Crippen molar-refractivity contribution in [2.24, 2.45) is 0 Å². The Hall–Kier alpha value is -1.97. The van der Waals surface area contributed by atoms with E-state index in [9.17, 15) is 0 Å². The lowest BCUT2D eigenvalue weighted by Gasteiger charge is -1.98. The van der Waals surface area contributed by atoms with E-state index in [1.165, 1.54) is 0 Å². The number of nitrogen functional groups attached to an aromatic ring is 1. The number of nitrogens with zero attached hydrogens (tertiary/aromatic N) is 2. The number of benzene rings is 1. The highest BCUT2D eigenvalue weighted by Crippen LogP contribution is 2.21. The molecule has 2 aromatic heterocycles. The lowest BCUT2D eigenvalue weighted by Crippen LogP contribution is -1.90.